The first-order valence-corrected chi connectivity index (χ1v) is 7.29. The van der Waals surface area contributed by atoms with Gasteiger partial charge in [-0.25, -0.2) is 4.98 Å². The Hall–Kier alpha value is -0.560. The van der Waals surface area contributed by atoms with Crippen LogP contribution in [-0.2, 0) is 0 Å². The highest BCUT2D eigenvalue weighted by atomic mass is 127. The van der Waals surface area contributed by atoms with Gasteiger partial charge in [-0.3, -0.25) is 4.79 Å². The molecule has 1 aliphatic heterocycles. The number of aromatic nitrogens is 1. The highest BCUT2D eigenvalue weighted by Crippen LogP contribution is 2.28. The highest BCUT2D eigenvalue weighted by molar-refractivity contribution is 14.1. The van der Waals surface area contributed by atoms with E-state index in [1.165, 1.54) is 0 Å². The van der Waals surface area contributed by atoms with E-state index in [1.807, 2.05) is 6.07 Å². The van der Waals surface area contributed by atoms with Crippen molar-refractivity contribution in [2.75, 3.05) is 32.1 Å². The molecule has 4 nitrogen and oxygen atoms in total. The van der Waals surface area contributed by atoms with Gasteiger partial charge < -0.3 is 9.80 Å². The third kappa shape index (κ3) is 2.71. The number of hydrogen-bond donors (Lipinski definition) is 0. The molecule has 1 amide bonds. The van der Waals surface area contributed by atoms with Crippen LogP contribution in [0.2, 0.25) is 5.15 Å². The molecular weight excluding hydrogens is 365 g/mol. The van der Waals surface area contributed by atoms with E-state index in [0.717, 1.165) is 35.3 Å². The van der Waals surface area contributed by atoms with Gasteiger partial charge in [-0.05, 0) is 41.5 Å². The first-order chi connectivity index (χ1) is 8.50. The van der Waals surface area contributed by atoms with Crippen LogP contribution < -0.4 is 4.90 Å². The van der Waals surface area contributed by atoms with E-state index < -0.39 is 0 Å². The second kappa shape index (κ2) is 5.61. The maximum atomic E-state index is 12.2. The second-order valence-corrected chi connectivity index (χ2v) is 6.05. The smallest absolute Gasteiger partial charge is 0.257 e. The van der Waals surface area contributed by atoms with Crippen LogP contribution in [0.25, 0.3) is 0 Å². The van der Waals surface area contributed by atoms with E-state index in [-0.39, 0.29) is 5.91 Å². The lowest BCUT2D eigenvalue weighted by molar-refractivity contribution is 0.0828. The fraction of sp³-hybridized carbons (Fsp3) is 0.500. The fourth-order valence-electron chi connectivity index (χ4n) is 2.03. The Morgan fingerprint density at radius 3 is 2.61 bits per heavy atom. The van der Waals surface area contributed by atoms with Gasteiger partial charge in [0.15, 0.2) is 0 Å². The van der Waals surface area contributed by atoms with Gasteiger partial charge in [0.05, 0.1) is 9.13 Å². The minimum Gasteiger partial charge on any atom is -0.356 e. The van der Waals surface area contributed by atoms with E-state index in [4.69, 9.17) is 11.6 Å². The Labute approximate surface area is 125 Å². The molecule has 18 heavy (non-hydrogen) atoms. The number of hydrogen-bond acceptors (Lipinski definition) is 3. The minimum atomic E-state index is -0.0287. The molecule has 98 valence electrons. The Morgan fingerprint density at radius 2 is 2.06 bits per heavy atom. The first-order valence-electron chi connectivity index (χ1n) is 5.83. The van der Waals surface area contributed by atoms with Crippen molar-refractivity contribution < 1.29 is 4.79 Å². The molecule has 1 saturated heterocycles. The molecule has 2 rings (SSSR count). The predicted octanol–water partition coefficient (Wildman–Crippen LogP) is 2.64. The molecular formula is C12H15ClIN3O. The number of pyridine rings is 1. The van der Waals surface area contributed by atoms with Crippen LogP contribution in [0, 0.1) is 3.57 Å². The van der Waals surface area contributed by atoms with Gasteiger partial charge >= 0.3 is 0 Å². The van der Waals surface area contributed by atoms with Gasteiger partial charge in [-0.1, -0.05) is 11.6 Å². The monoisotopic (exact) mass is 379 g/mol. The molecule has 1 fully saturated rings. The molecule has 0 N–H and O–H groups in total. The van der Waals surface area contributed by atoms with E-state index >= 15 is 0 Å². The molecule has 2 heterocycles. The third-order valence-electron chi connectivity index (χ3n) is 2.96. The lowest BCUT2D eigenvalue weighted by Gasteiger charge is -2.21. The Morgan fingerprint density at radius 1 is 1.44 bits per heavy atom. The zero-order valence-electron chi connectivity index (χ0n) is 10.4. The van der Waals surface area contributed by atoms with Crippen molar-refractivity contribution >= 4 is 45.9 Å². The fourth-order valence-corrected chi connectivity index (χ4v) is 2.59. The summed E-state index contributed by atoms with van der Waals surface area (Å²) >= 11 is 8.18. The van der Waals surface area contributed by atoms with E-state index in [1.54, 1.807) is 19.0 Å². The zero-order chi connectivity index (χ0) is 13.3. The first kappa shape index (κ1) is 13.9. The third-order valence-corrected chi connectivity index (χ3v) is 4.38. The van der Waals surface area contributed by atoms with Crippen LogP contribution in [0.1, 0.15) is 23.2 Å². The molecule has 0 radical (unpaired) electrons. The van der Waals surface area contributed by atoms with Gasteiger partial charge in [0.1, 0.15) is 11.0 Å². The Balaban J connectivity index is 2.48. The minimum absolute atomic E-state index is 0.0287. The average Bonchev–Trinajstić information content (AvgIpc) is 2.84. The Kier molecular flexibility index (Phi) is 4.32. The molecule has 0 spiro atoms. The molecule has 6 heteroatoms. The quantitative estimate of drug-likeness (QED) is 0.585. The van der Waals surface area contributed by atoms with Crippen molar-refractivity contribution in [3.8, 4) is 0 Å². The van der Waals surface area contributed by atoms with Gasteiger partial charge in [-0.2, -0.15) is 0 Å². The lowest BCUT2D eigenvalue weighted by Crippen LogP contribution is -2.27. The SMILES string of the molecule is CN(C)C(=O)c1cc(I)c(Cl)nc1N1CCCC1. The molecule has 0 aliphatic carbocycles. The van der Waals surface area contributed by atoms with Crippen molar-refractivity contribution in [1.82, 2.24) is 9.88 Å². The number of nitrogens with zero attached hydrogens (tertiary/aromatic N) is 3. The summed E-state index contributed by atoms with van der Waals surface area (Å²) in [5, 5.41) is 0.466. The van der Waals surface area contributed by atoms with Crippen LogP contribution in [0.4, 0.5) is 5.82 Å². The maximum Gasteiger partial charge on any atom is 0.257 e. The van der Waals surface area contributed by atoms with Gasteiger partial charge in [-0.15, -0.1) is 0 Å². The molecule has 0 aromatic carbocycles. The van der Waals surface area contributed by atoms with Crippen LogP contribution in [0.3, 0.4) is 0 Å². The topological polar surface area (TPSA) is 36.4 Å². The molecule has 1 aliphatic rings. The van der Waals surface area contributed by atoms with Gasteiger partial charge in [0.25, 0.3) is 5.91 Å². The summed E-state index contributed by atoms with van der Waals surface area (Å²) in [6.07, 6.45) is 2.28. The standard InChI is InChI=1S/C12H15ClIN3O/c1-16(2)12(18)8-7-9(14)10(13)15-11(8)17-5-3-4-6-17/h7H,3-6H2,1-2H3. The van der Waals surface area contributed by atoms with Crippen molar-refractivity contribution in [2.24, 2.45) is 0 Å². The molecule has 0 unspecified atom stereocenters. The van der Waals surface area contributed by atoms with E-state index in [9.17, 15) is 4.79 Å². The Bertz CT molecular complexity index is 473. The normalized spacial score (nSPS) is 15.0. The van der Waals surface area contributed by atoms with Gasteiger partial charge in [0, 0.05) is 27.2 Å². The average molecular weight is 380 g/mol. The summed E-state index contributed by atoms with van der Waals surface area (Å²) in [6.45, 7) is 1.88. The van der Waals surface area contributed by atoms with Crippen LogP contribution >= 0.6 is 34.2 Å². The molecule has 1 aromatic heterocycles. The number of anilines is 1. The number of carbonyl (C=O) groups is 1. The van der Waals surface area contributed by atoms with E-state index in [0.29, 0.717) is 10.7 Å². The number of halogens is 2. The van der Waals surface area contributed by atoms with Crippen molar-refractivity contribution in [2.45, 2.75) is 12.8 Å². The summed E-state index contributed by atoms with van der Waals surface area (Å²) in [7, 11) is 3.50. The van der Waals surface area contributed by atoms with Crippen molar-refractivity contribution in [3.63, 3.8) is 0 Å². The largest absolute Gasteiger partial charge is 0.356 e. The molecule has 0 atom stereocenters. The molecule has 1 aromatic rings. The van der Waals surface area contributed by atoms with Crippen LogP contribution in [0.5, 0.6) is 0 Å². The summed E-state index contributed by atoms with van der Waals surface area (Å²) in [5.41, 5.74) is 0.635. The maximum absolute atomic E-state index is 12.2. The second-order valence-electron chi connectivity index (χ2n) is 4.53. The van der Waals surface area contributed by atoms with E-state index in [2.05, 4.69) is 32.5 Å². The number of carbonyl (C=O) groups excluding carboxylic acids is 1. The van der Waals surface area contributed by atoms with Crippen LogP contribution in [-0.4, -0.2) is 43.0 Å². The number of amides is 1. The molecule has 0 bridgehead atoms. The summed E-state index contributed by atoms with van der Waals surface area (Å²) in [6, 6.07) is 1.83. The molecule has 0 saturated carbocycles. The van der Waals surface area contributed by atoms with Crippen LogP contribution in [0.15, 0.2) is 6.07 Å². The number of rotatable bonds is 2. The van der Waals surface area contributed by atoms with Crippen molar-refractivity contribution in [3.05, 3.63) is 20.4 Å². The van der Waals surface area contributed by atoms with Crippen molar-refractivity contribution in [1.29, 1.82) is 0 Å². The zero-order valence-corrected chi connectivity index (χ0v) is 13.3. The lowest BCUT2D eigenvalue weighted by atomic mass is 10.2. The summed E-state index contributed by atoms with van der Waals surface area (Å²) in [4.78, 5) is 20.3. The summed E-state index contributed by atoms with van der Waals surface area (Å²) < 4.78 is 0.808. The predicted molar refractivity (Wildman–Crippen MR) is 81.4 cm³/mol. The highest BCUT2D eigenvalue weighted by Gasteiger charge is 2.23. The summed E-state index contributed by atoms with van der Waals surface area (Å²) in [5.74, 6) is 0.690. The van der Waals surface area contributed by atoms with Gasteiger partial charge in [0.2, 0.25) is 0 Å².